The predicted octanol–water partition coefficient (Wildman–Crippen LogP) is 3.10. The molecule has 0 atom stereocenters. The average molecular weight is 220 g/mol. The van der Waals surface area contributed by atoms with Crippen LogP contribution in [0.4, 0.5) is 4.39 Å². The van der Waals surface area contributed by atoms with Crippen LogP contribution in [0.15, 0.2) is 18.2 Å². The lowest BCUT2D eigenvalue weighted by atomic mass is 9.89. The fraction of sp³-hybridized carbons (Fsp3) is 0.462. The van der Waals surface area contributed by atoms with E-state index in [0.717, 1.165) is 25.7 Å². The van der Waals surface area contributed by atoms with Crippen molar-refractivity contribution >= 4 is 5.78 Å². The molecule has 1 heterocycles. The number of halogens is 1. The van der Waals surface area contributed by atoms with Gasteiger partial charge in [-0.2, -0.15) is 0 Å². The van der Waals surface area contributed by atoms with Crippen LogP contribution in [0, 0.1) is 5.82 Å². The van der Waals surface area contributed by atoms with Crippen molar-refractivity contribution in [3.8, 4) is 5.75 Å². The monoisotopic (exact) mass is 220 g/mol. The summed E-state index contributed by atoms with van der Waals surface area (Å²) in [4.78, 5) is 12.0. The highest BCUT2D eigenvalue weighted by molar-refractivity contribution is 6.00. The first-order valence-electron chi connectivity index (χ1n) is 5.70. The molecule has 1 fully saturated rings. The quantitative estimate of drug-likeness (QED) is 0.671. The molecule has 0 radical (unpaired) electrons. The lowest BCUT2D eigenvalue weighted by Gasteiger charge is -2.34. The van der Waals surface area contributed by atoms with Gasteiger partial charge in [-0.05, 0) is 37.8 Å². The Labute approximate surface area is 93.4 Å². The maximum atomic E-state index is 13.1. The zero-order chi connectivity index (χ0) is 11.2. The second-order valence-corrected chi connectivity index (χ2v) is 4.73. The average Bonchev–Trinajstić information content (AvgIpc) is 2.65. The molecule has 2 nitrogen and oxygen atoms in total. The Balaban J connectivity index is 2.03. The number of hydrogen-bond donors (Lipinski definition) is 0. The van der Waals surface area contributed by atoms with Crippen molar-refractivity contribution in [2.45, 2.75) is 37.7 Å². The second kappa shape index (κ2) is 3.30. The summed E-state index contributed by atoms with van der Waals surface area (Å²) in [6.45, 7) is 0. The molecule has 0 aromatic heterocycles. The van der Waals surface area contributed by atoms with Crippen molar-refractivity contribution in [2.75, 3.05) is 0 Å². The molecular weight excluding hydrogens is 207 g/mol. The largest absolute Gasteiger partial charge is 0.486 e. The summed E-state index contributed by atoms with van der Waals surface area (Å²) < 4.78 is 19.0. The van der Waals surface area contributed by atoms with Gasteiger partial charge in [-0.25, -0.2) is 4.39 Å². The molecule has 1 aliphatic carbocycles. The van der Waals surface area contributed by atoms with Gasteiger partial charge in [-0.3, -0.25) is 4.79 Å². The molecule has 1 aliphatic heterocycles. The molecule has 0 saturated heterocycles. The second-order valence-electron chi connectivity index (χ2n) is 4.73. The zero-order valence-corrected chi connectivity index (χ0v) is 8.96. The van der Waals surface area contributed by atoms with Crippen molar-refractivity contribution in [3.63, 3.8) is 0 Å². The summed E-state index contributed by atoms with van der Waals surface area (Å²) in [5, 5.41) is 0. The summed E-state index contributed by atoms with van der Waals surface area (Å²) in [5.41, 5.74) is 0.191. The SMILES string of the molecule is O=C1CC2(CCCC2)Oc2cc(F)ccc21. The highest BCUT2D eigenvalue weighted by Crippen LogP contribution is 2.42. The molecular formula is C13H13FO2. The molecule has 3 rings (SSSR count). The Kier molecular flexibility index (Phi) is 2.03. The highest BCUT2D eigenvalue weighted by atomic mass is 19.1. The van der Waals surface area contributed by atoms with E-state index >= 15 is 0 Å². The molecule has 1 aromatic rings. The van der Waals surface area contributed by atoms with Crippen molar-refractivity contribution in [3.05, 3.63) is 29.6 Å². The molecule has 84 valence electrons. The van der Waals surface area contributed by atoms with E-state index in [1.807, 2.05) is 0 Å². The van der Waals surface area contributed by atoms with Gasteiger partial charge in [0.25, 0.3) is 0 Å². The topological polar surface area (TPSA) is 26.3 Å². The third-order valence-electron chi connectivity index (χ3n) is 3.57. The van der Waals surface area contributed by atoms with Gasteiger partial charge in [-0.15, -0.1) is 0 Å². The molecule has 1 saturated carbocycles. The number of hydrogen-bond acceptors (Lipinski definition) is 2. The van der Waals surface area contributed by atoms with E-state index in [-0.39, 0.29) is 17.2 Å². The van der Waals surface area contributed by atoms with Gasteiger partial charge in [0.2, 0.25) is 0 Å². The standard InChI is InChI=1S/C13H13FO2/c14-9-3-4-10-11(15)8-13(5-1-2-6-13)16-12(10)7-9/h3-4,7H,1-2,5-6,8H2. The number of rotatable bonds is 0. The summed E-state index contributed by atoms with van der Waals surface area (Å²) >= 11 is 0. The van der Waals surface area contributed by atoms with E-state index in [4.69, 9.17) is 4.74 Å². The predicted molar refractivity (Wildman–Crippen MR) is 57.2 cm³/mol. The van der Waals surface area contributed by atoms with Gasteiger partial charge in [-0.1, -0.05) is 0 Å². The maximum absolute atomic E-state index is 13.1. The molecule has 1 spiro atoms. The number of ketones is 1. The molecule has 0 bridgehead atoms. The van der Waals surface area contributed by atoms with Crippen LogP contribution in [0.5, 0.6) is 5.75 Å². The molecule has 3 heteroatoms. The van der Waals surface area contributed by atoms with E-state index in [1.54, 1.807) is 0 Å². The molecule has 2 aliphatic rings. The molecule has 0 N–H and O–H groups in total. The van der Waals surface area contributed by atoms with Crippen molar-refractivity contribution in [1.82, 2.24) is 0 Å². The Hall–Kier alpha value is -1.38. The van der Waals surface area contributed by atoms with Crippen LogP contribution in [0.3, 0.4) is 0 Å². The Morgan fingerprint density at radius 1 is 1.25 bits per heavy atom. The smallest absolute Gasteiger partial charge is 0.170 e. The first-order chi connectivity index (χ1) is 7.69. The number of benzene rings is 1. The molecule has 0 amide bonds. The number of carbonyl (C=O) groups is 1. The van der Waals surface area contributed by atoms with E-state index in [1.165, 1.54) is 18.2 Å². The van der Waals surface area contributed by atoms with Crippen LogP contribution in [-0.2, 0) is 0 Å². The van der Waals surface area contributed by atoms with Gasteiger partial charge in [0.1, 0.15) is 17.2 Å². The van der Waals surface area contributed by atoms with Crippen molar-refractivity contribution in [1.29, 1.82) is 0 Å². The van der Waals surface area contributed by atoms with Gasteiger partial charge < -0.3 is 4.74 Å². The van der Waals surface area contributed by atoms with Gasteiger partial charge >= 0.3 is 0 Å². The first-order valence-corrected chi connectivity index (χ1v) is 5.70. The van der Waals surface area contributed by atoms with Crippen LogP contribution in [-0.4, -0.2) is 11.4 Å². The molecule has 1 aromatic carbocycles. The Bertz CT molecular complexity index is 447. The van der Waals surface area contributed by atoms with E-state index < -0.39 is 0 Å². The van der Waals surface area contributed by atoms with Gasteiger partial charge in [0.15, 0.2) is 5.78 Å². The fourth-order valence-electron chi connectivity index (χ4n) is 2.77. The number of carbonyl (C=O) groups excluding carboxylic acids is 1. The summed E-state index contributed by atoms with van der Waals surface area (Å²) in [6, 6.07) is 4.16. The first kappa shape index (κ1) is 9.82. The minimum Gasteiger partial charge on any atom is -0.486 e. The van der Waals surface area contributed by atoms with E-state index in [9.17, 15) is 9.18 Å². The van der Waals surface area contributed by atoms with Crippen LogP contribution in [0.1, 0.15) is 42.5 Å². The van der Waals surface area contributed by atoms with Gasteiger partial charge in [0.05, 0.1) is 12.0 Å². The third-order valence-corrected chi connectivity index (χ3v) is 3.57. The Morgan fingerprint density at radius 3 is 2.75 bits per heavy atom. The van der Waals surface area contributed by atoms with Crippen LogP contribution >= 0.6 is 0 Å². The normalized spacial score (nSPS) is 21.9. The third kappa shape index (κ3) is 1.42. The van der Waals surface area contributed by atoms with Crippen LogP contribution in [0.2, 0.25) is 0 Å². The summed E-state index contributed by atoms with van der Waals surface area (Å²) in [5.74, 6) is 0.169. The van der Waals surface area contributed by atoms with E-state index in [2.05, 4.69) is 0 Å². The van der Waals surface area contributed by atoms with Crippen LogP contribution in [0.25, 0.3) is 0 Å². The number of fused-ring (bicyclic) bond motifs is 1. The van der Waals surface area contributed by atoms with E-state index in [0.29, 0.717) is 17.7 Å². The maximum Gasteiger partial charge on any atom is 0.170 e. The lowest BCUT2D eigenvalue weighted by molar-refractivity contribution is 0.0448. The van der Waals surface area contributed by atoms with Crippen molar-refractivity contribution in [2.24, 2.45) is 0 Å². The van der Waals surface area contributed by atoms with Crippen molar-refractivity contribution < 1.29 is 13.9 Å². The molecule has 16 heavy (non-hydrogen) atoms. The van der Waals surface area contributed by atoms with Gasteiger partial charge in [0, 0.05) is 6.07 Å². The summed E-state index contributed by atoms with van der Waals surface area (Å²) in [6.07, 6.45) is 4.46. The number of Topliss-reactive ketones (excluding diaryl/α,β-unsaturated/α-hetero) is 1. The minimum absolute atomic E-state index is 0.0863. The zero-order valence-electron chi connectivity index (χ0n) is 8.96. The fourth-order valence-corrected chi connectivity index (χ4v) is 2.77. The molecule has 0 unspecified atom stereocenters. The highest BCUT2D eigenvalue weighted by Gasteiger charge is 2.42. The Morgan fingerprint density at radius 2 is 2.00 bits per heavy atom. The van der Waals surface area contributed by atoms with Crippen LogP contribution < -0.4 is 4.74 Å². The number of ether oxygens (including phenoxy) is 1. The lowest BCUT2D eigenvalue weighted by Crippen LogP contribution is -2.39. The minimum atomic E-state index is -0.346. The summed E-state index contributed by atoms with van der Waals surface area (Å²) in [7, 11) is 0.